The number of aliphatic carboxylic acids is 2. The first-order chi connectivity index (χ1) is 5.29. The monoisotopic (exact) mass is 212 g/mol. The van der Waals surface area contributed by atoms with Crippen molar-refractivity contribution in [3.63, 3.8) is 0 Å². The predicted octanol–water partition coefficient (Wildman–Crippen LogP) is 0.913. The van der Waals surface area contributed by atoms with Crippen LogP contribution in [0.1, 0.15) is 13.8 Å². The first-order valence-electron chi connectivity index (χ1n) is 3.06. The third-order valence-corrected chi connectivity index (χ3v) is 0.730. The Morgan fingerprint density at radius 1 is 0.923 bits per heavy atom. The van der Waals surface area contributed by atoms with E-state index in [0.29, 0.717) is 0 Å². The smallest absolute Gasteiger partial charge is 0.330 e. The summed E-state index contributed by atoms with van der Waals surface area (Å²) in [5, 5.41) is 15.8. The van der Waals surface area contributed by atoms with Crippen LogP contribution in [0.3, 0.4) is 0 Å². The van der Waals surface area contributed by atoms with Gasteiger partial charge in [-0.3, -0.25) is 0 Å². The second kappa shape index (κ2) is 9.77. The normalized spacial score (nSPS) is 6.92. The van der Waals surface area contributed by atoms with Crippen LogP contribution in [-0.4, -0.2) is 59.9 Å². The molecule has 70 valence electrons. The predicted molar refractivity (Wildman–Crippen MR) is 50.7 cm³/mol. The summed E-state index contributed by atoms with van der Waals surface area (Å²) in [7, 11) is 0. The summed E-state index contributed by atoms with van der Waals surface area (Å²) >= 11 is 0. The van der Waals surface area contributed by atoms with E-state index in [4.69, 9.17) is 10.2 Å². The summed E-state index contributed by atoms with van der Waals surface area (Å²) in [5.74, 6) is -1.87. The zero-order valence-corrected chi connectivity index (χ0v) is 10.0. The average Bonchev–Trinajstić information content (AvgIpc) is 1.88. The standard InChI is InChI=1S/2C4H6O2.Ca/c2*1-3(2)4(5)6;/h2*1H2,2H3,(H,5,6);. The third kappa shape index (κ3) is 18.6. The molecule has 0 bridgehead atoms. The number of carbonyl (C=O) groups is 2. The van der Waals surface area contributed by atoms with Crippen molar-refractivity contribution in [3.05, 3.63) is 24.3 Å². The molecule has 5 heteroatoms. The van der Waals surface area contributed by atoms with E-state index in [0.717, 1.165) is 0 Å². The van der Waals surface area contributed by atoms with Crippen LogP contribution in [0.25, 0.3) is 0 Å². The molecule has 4 nitrogen and oxygen atoms in total. The van der Waals surface area contributed by atoms with E-state index in [9.17, 15) is 9.59 Å². The summed E-state index contributed by atoms with van der Waals surface area (Å²) in [4.78, 5) is 19.2. The van der Waals surface area contributed by atoms with Gasteiger partial charge in [0.15, 0.2) is 0 Å². The Bertz CT molecular complexity index is 172. The Morgan fingerprint density at radius 3 is 1.00 bits per heavy atom. The molecular weight excluding hydrogens is 200 g/mol. The van der Waals surface area contributed by atoms with E-state index in [1.54, 1.807) is 0 Å². The third-order valence-electron chi connectivity index (χ3n) is 0.730. The zero-order chi connectivity index (χ0) is 10.3. The SMILES string of the molecule is C=C(C)C(=O)O.C=C(C)C(=O)O.[Ca]. The number of carboxylic acids is 2. The van der Waals surface area contributed by atoms with Crippen molar-refractivity contribution in [1.82, 2.24) is 0 Å². The van der Waals surface area contributed by atoms with Gasteiger partial charge in [0.1, 0.15) is 0 Å². The van der Waals surface area contributed by atoms with E-state index in [1.807, 2.05) is 0 Å². The second-order valence-corrected chi connectivity index (χ2v) is 2.17. The van der Waals surface area contributed by atoms with Crippen LogP contribution in [0.15, 0.2) is 24.3 Å². The van der Waals surface area contributed by atoms with Crippen molar-refractivity contribution >= 4 is 49.7 Å². The van der Waals surface area contributed by atoms with Crippen molar-refractivity contribution in [3.8, 4) is 0 Å². The molecule has 0 aliphatic carbocycles. The maximum Gasteiger partial charge on any atom is 0.330 e. The summed E-state index contributed by atoms with van der Waals surface area (Å²) in [6.45, 7) is 9.20. The fourth-order valence-corrected chi connectivity index (χ4v) is 0. The molecule has 0 aromatic heterocycles. The molecule has 0 aliphatic heterocycles. The quantitative estimate of drug-likeness (QED) is 0.527. The van der Waals surface area contributed by atoms with E-state index in [1.165, 1.54) is 13.8 Å². The summed E-state index contributed by atoms with van der Waals surface area (Å²) in [6.07, 6.45) is 0. The van der Waals surface area contributed by atoms with Crippen molar-refractivity contribution < 1.29 is 19.8 Å². The maximum atomic E-state index is 9.60. The number of rotatable bonds is 2. The summed E-state index contributed by atoms with van der Waals surface area (Å²) < 4.78 is 0. The van der Waals surface area contributed by atoms with Gasteiger partial charge in [0.25, 0.3) is 0 Å². The summed E-state index contributed by atoms with van der Waals surface area (Å²) in [6, 6.07) is 0. The van der Waals surface area contributed by atoms with E-state index in [-0.39, 0.29) is 48.9 Å². The van der Waals surface area contributed by atoms with Gasteiger partial charge < -0.3 is 10.2 Å². The van der Waals surface area contributed by atoms with Gasteiger partial charge in [-0.2, -0.15) is 0 Å². The van der Waals surface area contributed by atoms with Crippen LogP contribution in [0.5, 0.6) is 0 Å². The zero-order valence-electron chi connectivity index (χ0n) is 7.83. The number of hydrogen-bond donors (Lipinski definition) is 2. The van der Waals surface area contributed by atoms with Gasteiger partial charge >= 0.3 is 11.9 Å². The van der Waals surface area contributed by atoms with Crippen molar-refractivity contribution in [2.45, 2.75) is 13.8 Å². The molecule has 0 rings (SSSR count). The molecule has 0 aromatic rings. The fraction of sp³-hybridized carbons (Fsp3) is 0.250. The van der Waals surface area contributed by atoms with Gasteiger partial charge in [0.05, 0.1) is 0 Å². The molecule has 0 amide bonds. The Balaban J connectivity index is -0.000000143. The first-order valence-corrected chi connectivity index (χ1v) is 3.06. The minimum absolute atomic E-state index is 0. The Labute approximate surface area is 107 Å². The molecule has 2 N–H and O–H groups in total. The van der Waals surface area contributed by atoms with Crippen molar-refractivity contribution in [1.29, 1.82) is 0 Å². The van der Waals surface area contributed by atoms with Gasteiger partial charge in [-0.15, -0.1) is 0 Å². The van der Waals surface area contributed by atoms with Crippen LogP contribution >= 0.6 is 0 Å². The molecule has 0 unspecified atom stereocenters. The Hall–Kier alpha value is -0.320. The molecule has 0 spiro atoms. The molecule has 13 heavy (non-hydrogen) atoms. The van der Waals surface area contributed by atoms with Gasteiger partial charge in [0, 0.05) is 48.9 Å². The van der Waals surface area contributed by atoms with Gasteiger partial charge in [-0.05, 0) is 13.8 Å². The van der Waals surface area contributed by atoms with Crippen molar-refractivity contribution in [2.24, 2.45) is 0 Å². The second-order valence-electron chi connectivity index (χ2n) is 2.17. The molecule has 0 fully saturated rings. The van der Waals surface area contributed by atoms with Gasteiger partial charge in [-0.25, -0.2) is 9.59 Å². The molecule has 0 aromatic carbocycles. The largest absolute Gasteiger partial charge is 0.478 e. The Kier molecular flexibility index (Phi) is 13.9. The van der Waals surface area contributed by atoms with Gasteiger partial charge in [-0.1, -0.05) is 13.2 Å². The molecular formula is C8H12CaO4. The average molecular weight is 212 g/mol. The molecule has 0 saturated carbocycles. The maximum absolute atomic E-state index is 9.60. The minimum Gasteiger partial charge on any atom is -0.478 e. The molecule has 2 radical (unpaired) electrons. The van der Waals surface area contributed by atoms with Crippen LogP contribution in [0, 0.1) is 0 Å². The molecule has 0 aliphatic rings. The Morgan fingerprint density at radius 2 is 1.00 bits per heavy atom. The van der Waals surface area contributed by atoms with E-state index < -0.39 is 11.9 Å². The minimum atomic E-state index is -0.935. The van der Waals surface area contributed by atoms with Crippen LogP contribution in [-0.2, 0) is 9.59 Å². The van der Waals surface area contributed by atoms with Crippen LogP contribution in [0.2, 0.25) is 0 Å². The van der Waals surface area contributed by atoms with E-state index in [2.05, 4.69) is 13.2 Å². The molecule has 0 saturated heterocycles. The number of hydrogen-bond acceptors (Lipinski definition) is 2. The van der Waals surface area contributed by atoms with E-state index >= 15 is 0 Å². The molecule has 0 atom stereocenters. The molecule has 0 heterocycles. The fourth-order valence-electron chi connectivity index (χ4n) is 0. The summed E-state index contributed by atoms with van der Waals surface area (Å²) in [5.41, 5.74) is 0.352. The first kappa shape index (κ1) is 18.5. The van der Waals surface area contributed by atoms with Crippen LogP contribution < -0.4 is 0 Å². The topological polar surface area (TPSA) is 74.6 Å². The number of carboxylic acid groups (broad SMARTS) is 2. The van der Waals surface area contributed by atoms with Crippen LogP contribution in [0.4, 0.5) is 0 Å². The van der Waals surface area contributed by atoms with Crippen molar-refractivity contribution in [2.75, 3.05) is 0 Å². The van der Waals surface area contributed by atoms with Gasteiger partial charge in [0.2, 0.25) is 0 Å².